The largest absolute Gasteiger partial charge is 0.316 e. The first-order valence-electron chi connectivity index (χ1n) is 6.95. The Labute approximate surface area is 126 Å². The molecule has 112 valence electrons. The van der Waals surface area contributed by atoms with E-state index in [9.17, 15) is 8.42 Å². The van der Waals surface area contributed by atoms with E-state index >= 15 is 0 Å². The van der Waals surface area contributed by atoms with Gasteiger partial charge in [0.1, 0.15) is 0 Å². The summed E-state index contributed by atoms with van der Waals surface area (Å²) in [5.41, 5.74) is 0.787. The SMILES string of the molecule is CNCc1cc(S(=O)(=O)NCCCC2CC2)ccc1Cl. The van der Waals surface area contributed by atoms with Crippen LogP contribution in [0.25, 0.3) is 0 Å². The van der Waals surface area contributed by atoms with Crippen LogP contribution in [0.5, 0.6) is 0 Å². The Morgan fingerprint density at radius 2 is 2.10 bits per heavy atom. The molecule has 2 N–H and O–H groups in total. The smallest absolute Gasteiger partial charge is 0.240 e. The van der Waals surface area contributed by atoms with Crippen LogP contribution in [0.2, 0.25) is 5.02 Å². The van der Waals surface area contributed by atoms with Gasteiger partial charge in [0.15, 0.2) is 0 Å². The van der Waals surface area contributed by atoms with Gasteiger partial charge in [-0.15, -0.1) is 0 Å². The summed E-state index contributed by atoms with van der Waals surface area (Å²) in [6.45, 7) is 1.05. The lowest BCUT2D eigenvalue weighted by Gasteiger charge is -2.09. The van der Waals surface area contributed by atoms with Gasteiger partial charge in [0, 0.05) is 18.1 Å². The first-order valence-corrected chi connectivity index (χ1v) is 8.82. The Bertz CT molecular complexity index is 556. The van der Waals surface area contributed by atoms with Crippen molar-refractivity contribution in [2.75, 3.05) is 13.6 Å². The van der Waals surface area contributed by atoms with E-state index in [1.807, 2.05) is 0 Å². The summed E-state index contributed by atoms with van der Waals surface area (Å²) < 4.78 is 27.0. The standard InChI is InChI=1S/C14H21ClN2O2S/c1-16-10-12-9-13(6-7-14(12)15)20(18,19)17-8-2-3-11-4-5-11/h6-7,9,11,16-17H,2-5,8,10H2,1H3. The number of rotatable bonds is 8. The number of nitrogens with one attached hydrogen (secondary N) is 2. The summed E-state index contributed by atoms with van der Waals surface area (Å²) in [5, 5.41) is 3.55. The van der Waals surface area contributed by atoms with E-state index < -0.39 is 10.0 Å². The Morgan fingerprint density at radius 3 is 2.75 bits per heavy atom. The highest BCUT2D eigenvalue weighted by atomic mass is 35.5. The summed E-state index contributed by atoms with van der Waals surface area (Å²) in [5.74, 6) is 0.831. The van der Waals surface area contributed by atoms with Crippen molar-refractivity contribution in [2.45, 2.75) is 37.1 Å². The van der Waals surface area contributed by atoms with E-state index in [1.54, 1.807) is 25.2 Å². The zero-order valence-electron chi connectivity index (χ0n) is 11.7. The molecule has 1 aromatic rings. The third-order valence-corrected chi connectivity index (χ3v) is 5.30. The van der Waals surface area contributed by atoms with Gasteiger partial charge < -0.3 is 5.32 Å². The molecule has 0 aromatic heterocycles. The van der Waals surface area contributed by atoms with Crippen molar-refractivity contribution in [2.24, 2.45) is 5.92 Å². The molecule has 1 saturated carbocycles. The van der Waals surface area contributed by atoms with E-state index in [0.717, 1.165) is 24.3 Å². The minimum atomic E-state index is -3.43. The maximum atomic E-state index is 12.2. The Kier molecular flexibility index (Phi) is 5.43. The van der Waals surface area contributed by atoms with Crippen LogP contribution in [0.1, 0.15) is 31.2 Å². The van der Waals surface area contributed by atoms with Gasteiger partial charge in [-0.25, -0.2) is 13.1 Å². The first kappa shape index (κ1) is 15.8. The van der Waals surface area contributed by atoms with Crippen LogP contribution in [0.4, 0.5) is 0 Å². The fraction of sp³-hybridized carbons (Fsp3) is 0.571. The fourth-order valence-electron chi connectivity index (χ4n) is 2.13. The summed E-state index contributed by atoms with van der Waals surface area (Å²) in [6, 6.07) is 4.81. The van der Waals surface area contributed by atoms with Crippen LogP contribution in [0, 0.1) is 5.92 Å². The molecule has 0 saturated heterocycles. The minimum absolute atomic E-state index is 0.276. The second kappa shape index (κ2) is 6.89. The molecule has 6 heteroatoms. The predicted octanol–water partition coefficient (Wildman–Crippen LogP) is 2.53. The number of hydrogen-bond donors (Lipinski definition) is 2. The summed E-state index contributed by atoms with van der Waals surface area (Å²) in [4.78, 5) is 0.276. The molecule has 20 heavy (non-hydrogen) atoms. The molecule has 1 aromatic carbocycles. The van der Waals surface area contributed by atoms with E-state index in [2.05, 4.69) is 10.0 Å². The maximum Gasteiger partial charge on any atom is 0.240 e. The van der Waals surface area contributed by atoms with E-state index in [4.69, 9.17) is 11.6 Å². The zero-order chi connectivity index (χ0) is 14.6. The quantitative estimate of drug-likeness (QED) is 0.725. The normalized spacial score (nSPS) is 15.5. The lowest BCUT2D eigenvalue weighted by molar-refractivity contribution is 0.572. The van der Waals surface area contributed by atoms with Crippen molar-refractivity contribution in [3.8, 4) is 0 Å². The van der Waals surface area contributed by atoms with Crippen molar-refractivity contribution in [3.63, 3.8) is 0 Å². The van der Waals surface area contributed by atoms with Crippen molar-refractivity contribution >= 4 is 21.6 Å². The molecular weight excluding hydrogens is 296 g/mol. The maximum absolute atomic E-state index is 12.2. The number of sulfonamides is 1. The molecule has 1 aliphatic rings. The van der Waals surface area contributed by atoms with Crippen LogP contribution in [-0.2, 0) is 16.6 Å². The van der Waals surface area contributed by atoms with Crippen LogP contribution < -0.4 is 10.0 Å². The van der Waals surface area contributed by atoms with Crippen LogP contribution >= 0.6 is 11.6 Å². The van der Waals surface area contributed by atoms with Gasteiger partial charge in [0.2, 0.25) is 10.0 Å². The second-order valence-electron chi connectivity index (χ2n) is 5.27. The van der Waals surface area contributed by atoms with E-state index in [0.29, 0.717) is 18.1 Å². The first-order chi connectivity index (χ1) is 9.53. The Balaban J connectivity index is 1.98. The highest BCUT2D eigenvalue weighted by Gasteiger charge is 2.21. The van der Waals surface area contributed by atoms with Crippen LogP contribution in [0.3, 0.4) is 0 Å². The molecule has 1 aliphatic carbocycles. The number of benzene rings is 1. The monoisotopic (exact) mass is 316 g/mol. The molecule has 0 spiro atoms. The van der Waals surface area contributed by atoms with Gasteiger partial charge in [-0.05, 0) is 49.6 Å². The molecule has 0 heterocycles. The molecule has 1 fully saturated rings. The summed E-state index contributed by atoms with van der Waals surface area (Å²) >= 11 is 6.04. The fourth-order valence-corrected chi connectivity index (χ4v) is 3.44. The average molecular weight is 317 g/mol. The Morgan fingerprint density at radius 1 is 1.35 bits per heavy atom. The van der Waals surface area contributed by atoms with Crippen LogP contribution in [-0.4, -0.2) is 22.0 Å². The molecule has 0 unspecified atom stereocenters. The lowest BCUT2D eigenvalue weighted by Crippen LogP contribution is -2.25. The molecular formula is C14H21ClN2O2S. The average Bonchev–Trinajstić information content (AvgIpc) is 3.21. The zero-order valence-corrected chi connectivity index (χ0v) is 13.2. The van der Waals surface area contributed by atoms with Gasteiger partial charge in [-0.3, -0.25) is 0 Å². The molecule has 0 aliphatic heterocycles. The van der Waals surface area contributed by atoms with Crippen LogP contribution in [0.15, 0.2) is 23.1 Å². The van der Waals surface area contributed by atoms with Gasteiger partial charge >= 0.3 is 0 Å². The van der Waals surface area contributed by atoms with Crippen molar-refractivity contribution in [1.82, 2.24) is 10.0 Å². The van der Waals surface area contributed by atoms with Gasteiger partial charge in [-0.2, -0.15) is 0 Å². The Hall–Kier alpha value is -0.620. The molecule has 0 amide bonds. The minimum Gasteiger partial charge on any atom is -0.316 e. The third kappa shape index (κ3) is 4.45. The molecule has 0 bridgehead atoms. The highest BCUT2D eigenvalue weighted by Crippen LogP contribution is 2.33. The van der Waals surface area contributed by atoms with E-state index in [-0.39, 0.29) is 4.90 Å². The van der Waals surface area contributed by atoms with Crippen molar-refractivity contribution in [1.29, 1.82) is 0 Å². The molecule has 2 rings (SSSR count). The third-order valence-electron chi connectivity index (χ3n) is 3.47. The van der Waals surface area contributed by atoms with Crippen molar-refractivity contribution in [3.05, 3.63) is 28.8 Å². The highest BCUT2D eigenvalue weighted by molar-refractivity contribution is 7.89. The second-order valence-corrected chi connectivity index (χ2v) is 7.44. The van der Waals surface area contributed by atoms with Gasteiger partial charge in [0.25, 0.3) is 0 Å². The van der Waals surface area contributed by atoms with Crippen molar-refractivity contribution < 1.29 is 8.42 Å². The molecule has 0 radical (unpaired) electrons. The summed E-state index contributed by atoms with van der Waals surface area (Å²) in [6.07, 6.45) is 4.63. The number of halogens is 1. The predicted molar refractivity (Wildman–Crippen MR) is 81.4 cm³/mol. The molecule has 0 atom stereocenters. The van der Waals surface area contributed by atoms with E-state index in [1.165, 1.54) is 12.8 Å². The topological polar surface area (TPSA) is 58.2 Å². The lowest BCUT2D eigenvalue weighted by atomic mass is 10.2. The molecule has 4 nitrogen and oxygen atoms in total. The summed E-state index contributed by atoms with van der Waals surface area (Å²) in [7, 11) is -1.63. The number of hydrogen-bond acceptors (Lipinski definition) is 3. The van der Waals surface area contributed by atoms with Gasteiger partial charge in [0.05, 0.1) is 4.90 Å². The van der Waals surface area contributed by atoms with Gasteiger partial charge in [-0.1, -0.05) is 24.4 Å².